The van der Waals surface area contributed by atoms with Gasteiger partial charge in [0.1, 0.15) is 6.61 Å². The maximum atomic E-state index is 11.2. The van der Waals surface area contributed by atoms with Gasteiger partial charge in [-0.25, -0.2) is 0 Å². The van der Waals surface area contributed by atoms with E-state index in [9.17, 15) is 4.79 Å². The molecule has 0 aliphatic carbocycles. The third kappa shape index (κ3) is 8.35. The van der Waals surface area contributed by atoms with Gasteiger partial charge in [-0.15, -0.1) is 0 Å². The maximum absolute atomic E-state index is 11.2. The fourth-order valence-corrected chi connectivity index (χ4v) is 1.19. The molecule has 0 aliphatic rings. The molecule has 0 bridgehead atoms. The summed E-state index contributed by atoms with van der Waals surface area (Å²) in [5.41, 5.74) is 5.23. The molecule has 0 unspecified atom stereocenters. The molecule has 0 saturated heterocycles. The molecule has 0 aliphatic heterocycles. The summed E-state index contributed by atoms with van der Waals surface area (Å²) in [5, 5.41) is 2.79. The summed E-state index contributed by atoms with van der Waals surface area (Å²) in [6, 6.07) is 0. The standard InChI is InChI=1S/C10H23N3O2/c1-3-13(4-2)7-6-12-10(14)9-15-8-5-11/h3-9,11H2,1-2H3,(H,12,14). The van der Waals surface area contributed by atoms with Crippen molar-refractivity contribution in [1.82, 2.24) is 10.2 Å². The van der Waals surface area contributed by atoms with E-state index < -0.39 is 0 Å². The van der Waals surface area contributed by atoms with Crippen molar-refractivity contribution in [3.8, 4) is 0 Å². The topological polar surface area (TPSA) is 67.6 Å². The number of hydrogen-bond acceptors (Lipinski definition) is 4. The van der Waals surface area contributed by atoms with Crippen molar-refractivity contribution in [1.29, 1.82) is 0 Å². The molecule has 0 spiro atoms. The largest absolute Gasteiger partial charge is 0.370 e. The van der Waals surface area contributed by atoms with Gasteiger partial charge in [0.05, 0.1) is 6.61 Å². The van der Waals surface area contributed by atoms with Crippen molar-refractivity contribution in [3.63, 3.8) is 0 Å². The highest BCUT2D eigenvalue weighted by atomic mass is 16.5. The Kier molecular flexibility index (Phi) is 9.46. The van der Waals surface area contributed by atoms with Gasteiger partial charge in [-0.05, 0) is 13.1 Å². The molecule has 5 nitrogen and oxygen atoms in total. The van der Waals surface area contributed by atoms with E-state index in [0.29, 0.717) is 19.7 Å². The highest BCUT2D eigenvalue weighted by Gasteiger charge is 2.02. The van der Waals surface area contributed by atoms with E-state index in [0.717, 1.165) is 19.6 Å². The average Bonchev–Trinajstić information content (AvgIpc) is 2.25. The Morgan fingerprint density at radius 1 is 1.40 bits per heavy atom. The van der Waals surface area contributed by atoms with E-state index in [1.165, 1.54) is 0 Å². The predicted molar refractivity (Wildman–Crippen MR) is 60.7 cm³/mol. The molecule has 0 fully saturated rings. The van der Waals surface area contributed by atoms with Gasteiger partial charge in [-0.2, -0.15) is 0 Å². The lowest BCUT2D eigenvalue weighted by molar-refractivity contribution is -0.125. The number of rotatable bonds is 9. The molecule has 0 aromatic rings. The Bertz CT molecular complexity index is 161. The number of carbonyl (C=O) groups excluding carboxylic acids is 1. The molecule has 1 amide bonds. The summed E-state index contributed by atoms with van der Waals surface area (Å²) in [4.78, 5) is 13.4. The minimum Gasteiger partial charge on any atom is -0.370 e. The van der Waals surface area contributed by atoms with Gasteiger partial charge < -0.3 is 20.7 Å². The Morgan fingerprint density at radius 3 is 2.60 bits per heavy atom. The molecule has 0 radical (unpaired) electrons. The second-order valence-corrected chi connectivity index (χ2v) is 3.22. The summed E-state index contributed by atoms with van der Waals surface area (Å²) >= 11 is 0. The van der Waals surface area contributed by atoms with Crippen LogP contribution in [-0.4, -0.2) is 56.7 Å². The van der Waals surface area contributed by atoms with E-state index in [4.69, 9.17) is 10.5 Å². The quantitative estimate of drug-likeness (QED) is 0.507. The average molecular weight is 217 g/mol. The van der Waals surface area contributed by atoms with Gasteiger partial charge in [0.25, 0.3) is 0 Å². The van der Waals surface area contributed by atoms with Gasteiger partial charge in [-0.3, -0.25) is 4.79 Å². The zero-order chi connectivity index (χ0) is 11.5. The van der Waals surface area contributed by atoms with Crippen LogP contribution >= 0.6 is 0 Å². The number of ether oxygens (including phenoxy) is 1. The zero-order valence-corrected chi connectivity index (χ0v) is 9.79. The molecule has 3 N–H and O–H groups in total. The van der Waals surface area contributed by atoms with E-state index in [2.05, 4.69) is 24.1 Å². The van der Waals surface area contributed by atoms with Gasteiger partial charge in [0.2, 0.25) is 5.91 Å². The van der Waals surface area contributed by atoms with E-state index >= 15 is 0 Å². The zero-order valence-electron chi connectivity index (χ0n) is 9.79. The first kappa shape index (κ1) is 14.3. The summed E-state index contributed by atoms with van der Waals surface area (Å²) < 4.78 is 5.00. The Morgan fingerprint density at radius 2 is 2.07 bits per heavy atom. The van der Waals surface area contributed by atoms with Gasteiger partial charge >= 0.3 is 0 Å². The SMILES string of the molecule is CCN(CC)CCNC(=O)COCCN. The van der Waals surface area contributed by atoms with Crippen LogP contribution in [0.4, 0.5) is 0 Å². The molecule has 0 saturated carbocycles. The minimum atomic E-state index is -0.0735. The molecular formula is C10H23N3O2. The van der Waals surface area contributed by atoms with Crippen LogP contribution in [0.5, 0.6) is 0 Å². The molecule has 0 aromatic carbocycles. The number of amides is 1. The summed E-state index contributed by atoms with van der Waals surface area (Å²) in [6.45, 7) is 8.78. The highest BCUT2D eigenvalue weighted by molar-refractivity contribution is 5.77. The van der Waals surface area contributed by atoms with Crippen molar-refractivity contribution in [2.75, 3.05) is 45.9 Å². The Balaban J connectivity index is 3.37. The summed E-state index contributed by atoms with van der Waals surface area (Å²) in [5.74, 6) is -0.0735. The molecule has 15 heavy (non-hydrogen) atoms. The lowest BCUT2D eigenvalue weighted by atomic mass is 10.4. The summed E-state index contributed by atoms with van der Waals surface area (Å²) in [7, 11) is 0. The third-order valence-electron chi connectivity index (χ3n) is 2.14. The van der Waals surface area contributed by atoms with Crippen molar-refractivity contribution in [3.05, 3.63) is 0 Å². The van der Waals surface area contributed by atoms with E-state index in [1.807, 2.05) is 0 Å². The minimum absolute atomic E-state index is 0.0735. The second kappa shape index (κ2) is 9.89. The fraction of sp³-hybridized carbons (Fsp3) is 0.900. The molecular weight excluding hydrogens is 194 g/mol. The van der Waals surface area contributed by atoms with Gasteiger partial charge in [0, 0.05) is 19.6 Å². The number of likely N-dealkylation sites (N-methyl/N-ethyl adjacent to an activating group) is 1. The fourth-order valence-electron chi connectivity index (χ4n) is 1.19. The normalized spacial score (nSPS) is 10.7. The van der Waals surface area contributed by atoms with Crippen molar-refractivity contribution in [2.24, 2.45) is 5.73 Å². The highest BCUT2D eigenvalue weighted by Crippen LogP contribution is 1.84. The number of nitrogens with one attached hydrogen (secondary N) is 1. The lowest BCUT2D eigenvalue weighted by Crippen LogP contribution is -2.36. The van der Waals surface area contributed by atoms with Crippen LogP contribution < -0.4 is 11.1 Å². The molecule has 90 valence electrons. The third-order valence-corrected chi connectivity index (χ3v) is 2.14. The number of hydrogen-bond donors (Lipinski definition) is 2. The van der Waals surface area contributed by atoms with Crippen molar-refractivity contribution < 1.29 is 9.53 Å². The van der Waals surface area contributed by atoms with Crippen LogP contribution in [-0.2, 0) is 9.53 Å². The molecule has 5 heteroatoms. The van der Waals surface area contributed by atoms with Crippen LogP contribution in [0.1, 0.15) is 13.8 Å². The maximum Gasteiger partial charge on any atom is 0.246 e. The number of carbonyl (C=O) groups is 1. The van der Waals surface area contributed by atoms with Crippen LogP contribution in [0.3, 0.4) is 0 Å². The Labute approximate surface area is 91.9 Å². The van der Waals surface area contributed by atoms with Gasteiger partial charge in [0.15, 0.2) is 0 Å². The van der Waals surface area contributed by atoms with Crippen LogP contribution in [0.15, 0.2) is 0 Å². The Hall–Kier alpha value is -0.650. The lowest BCUT2D eigenvalue weighted by Gasteiger charge is -2.17. The van der Waals surface area contributed by atoms with Crippen LogP contribution in [0.25, 0.3) is 0 Å². The van der Waals surface area contributed by atoms with Crippen LogP contribution in [0, 0.1) is 0 Å². The van der Waals surface area contributed by atoms with Crippen LogP contribution in [0.2, 0.25) is 0 Å². The molecule has 0 rings (SSSR count). The predicted octanol–water partition coefficient (Wildman–Crippen LogP) is -0.580. The second-order valence-electron chi connectivity index (χ2n) is 3.22. The molecule has 0 heterocycles. The van der Waals surface area contributed by atoms with E-state index in [-0.39, 0.29) is 12.5 Å². The van der Waals surface area contributed by atoms with Crippen molar-refractivity contribution in [2.45, 2.75) is 13.8 Å². The smallest absolute Gasteiger partial charge is 0.246 e. The molecule has 0 atom stereocenters. The first-order chi connectivity index (χ1) is 7.24. The summed E-state index contributed by atoms with van der Waals surface area (Å²) in [6.07, 6.45) is 0. The number of nitrogens with zero attached hydrogens (tertiary/aromatic N) is 1. The number of nitrogens with two attached hydrogens (primary N) is 1. The first-order valence-corrected chi connectivity index (χ1v) is 5.51. The molecule has 0 aromatic heterocycles. The van der Waals surface area contributed by atoms with E-state index in [1.54, 1.807) is 0 Å². The monoisotopic (exact) mass is 217 g/mol. The first-order valence-electron chi connectivity index (χ1n) is 5.51. The van der Waals surface area contributed by atoms with Crippen molar-refractivity contribution >= 4 is 5.91 Å². The van der Waals surface area contributed by atoms with Gasteiger partial charge in [-0.1, -0.05) is 13.8 Å².